The number of nitrogens with one attached hydrogen (secondary N) is 2. The van der Waals surface area contributed by atoms with Crippen molar-refractivity contribution in [3.63, 3.8) is 0 Å². The first kappa shape index (κ1) is 36.8. The smallest absolute Gasteiger partial charge is 0.250 e. The van der Waals surface area contributed by atoms with Gasteiger partial charge in [0.15, 0.2) is 12.6 Å². The van der Waals surface area contributed by atoms with Gasteiger partial charge in [-0.05, 0) is 40.2 Å². The number of hydrogen-bond acceptors (Lipinski definition) is 16. The number of rotatable bonds is 12. The molecule has 3 aliphatic rings. The van der Waals surface area contributed by atoms with Crippen molar-refractivity contribution in [3.8, 4) is 0 Å². The molecule has 0 aromatic heterocycles. The fourth-order valence-electron chi connectivity index (χ4n) is 5.68. The summed E-state index contributed by atoms with van der Waals surface area (Å²) in [6.07, 6.45) is -9.59. The van der Waals surface area contributed by atoms with E-state index in [1.165, 1.54) is 13.8 Å². The average molecular weight is 637 g/mol. The molecule has 3 fully saturated rings. The lowest BCUT2D eigenvalue weighted by Gasteiger charge is -2.49. The topological polar surface area (TPSA) is 322 Å². The normalized spacial score (nSPS) is 42.4. The van der Waals surface area contributed by atoms with Crippen LogP contribution in [0.2, 0.25) is 0 Å². The molecule has 44 heavy (non-hydrogen) atoms. The monoisotopic (exact) mass is 636 g/mol. The highest BCUT2D eigenvalue weighted by Gasteiger charge is 2.52. The van der Waals surface area contributed by atoms with Crippen LogP contribution in [0.4, 0.5) is 0 Å². The standard InChI is InChI=1S/C26H52N8O10/c1-10(35)22(31)33-8-11-4-5-12(28)24(42-11)43-19-13(29)6-15(34-23(39)16(36)14(30)7-27)20(17(19)37)44-25-18(38)21(32-3)26(2,40)9-41-25/h10-21,24-25,32,35-38,40H,4-9,27-30H2,1-3H3,(H2,31,33)(H,34,39)/t10?,11-,12+,13-,14+,15+,16-,17-,18+,19+,20-,21+,24+,25+,26-/m0/s1. The second-order valence-electron chi connectivity index (χ2n) is 12.2. The first-order valence-corrected chi connectivity index (χ1v) is 14.9. The van der Waals surface area contributed by atoms with Crippen LogP contribution >= 0.6 is 0 Å². The molecule has 1 saturated carbocycles. The molecule has 256 valence electrons. The number of ether oxygens (including phenoxy) is 4. The number of likely N-dealkylation sites (N-methyl/N-ethyl adjacent to an activating group) is 1. The lowest BCUT2D eigenvalue weighted by atomic mass is 9.83. The SMILES string of the molecule is CN[C@@H]1[C@@H](O)[C@@H](O[C@@H]2[C@@H](O)[C@H](O[C@H]3O[C@H](CN=C(N)C(C)O)CC[C@H]3N)[C@@H](N)C[C@H]2NC(=O)[C@@H](O)[C@H](N)CN)OC[C@]1(C)O. The zero-order valence-electron chi connectivity index (χ0n) is 25.4. The van der Waals surface area contributed by atoms with Crippen molar-refractivity contribution in [2.24, 2.45) is 33.7 Å². The molecule has 0 bridgehead atoms. The van der Waals surface area contributed by atoms with E-state index in [-0.39, 0.29) is 32.0 Å². The Kier molecular flexibility index (Phi) is 13.2. The Morgan fingerprint density at radius 3 is 2.39 bits per heavy atom. The number of carbonyl (C=O) groups excluding carboxylic acids is 1. The predicted molar refractivity (Wildman–Crippen MR) is 157 cm³/mol. The Labute approximate surface area is 256 Å². The third-order valence-electron chi connectivity index (χ3n) is 8.42. The summed E-state index contributed by atoms with van der Waals surface area (Å²) in [5.74, 6) is -0.801. The summed E-state index contributed by atoms with van der Waals surface area (Å²) in [5.41, 5.74) is 28.3. The number of carbonyl (C=O) groups is 1. The fraction of sp³-hybridized carbons (Fsp3) is 0.923. The van der Waals surface area contributed by atoms with Crippen molar-refractivity contribution in [2.75, 3.05) is 26.7 Å². The van der Waals surface area contributed by atoms with Crippen molar-refractivity contribution >= 4 is 11.7 Å². The second kappa shape index (κ2) is 15.8. The number of nitrogens with zero attached hydrogens (tertiary/aromatic N) is 1. The number of nitrogens with two attached hydrogens (primary N) is 5. The van der Waals surface area contributed by atoms with E-state index in [9.17, 15) is 30.3 Å². The highest BCUT2D eigenvalue weighted by atomic mass is 16.7. The van der Waals surface area contributed by atoms with E-state index in [4.69, 9.17) is 47.6 Å². The molecular weight excluding hydrogens is 584 g/mol. The van der Waals surface area contributed by atoms with Crippen LogP contribution in [0.25, 0.3) is 0 Å². The summed E-state index contributed by atoms with van der Waals surface area (Å²) in [7, 11) is 1.55. The lowest BCUT2D eigenvalue weighted by Crippen LogP contribution is -2.70. The first-order valence-electron chi connectivity index (χ1n) is 14.9. The van der Waals surface area contributed by atoms with Gasteiger partial charge in [-0.2, -0.15) is 0 Å². The van der Waals surface area contributed by atoms with E-state index in [2.05, 4.69) is 15.6 Å². The maximum atomic E-state index is 12.8. The zero-order valence-corrected chi connectivity index (χ0v) is 25.4. The van der Waals surface area contributed by atoms with Gasteiger partial charge in [0.2, 0.25) is 0 Å². The van der Waals surface area contributed by atoms with E-state index in [1.807, 2.05) is 0 Å². The molecule has 17 N–H and O–H groups in total. The number of hydrogen-bond donors (Lipinski definition) is 12. The molecule has 2 aliphatic heterocycles. The van der Waals surface area contributed by atoms with Crippen LogP contribution in [0.3, 0.4) is 0 Å². The summed E-state index contributed by atoms with van der Waals surface area (Å²) in [6, 6.07) is -4.35. The highest BCUT2D eigenvalue weighted by molar-refractivity contribution is 5.84. The van der Waals surface area contributed by atoms with Gasteiger partial charge in [-0.1, -0.05) is 0 Å². The number of aliphatic hydroxyl groups excluding tert-OH is 4. The van der Waals surface area contributed by atoms with Crippen LogP contribution in [0, 0.1) is 0 Å². The molecule has 2 saturated heterocycles. The molecule has 1 unspecified atom stereocenters. The van der Waals surface area contributed by atoms with Gasteiger partial charge in [0.05, 0.1) is 43.4 Å². The number of aliphatic imine (C=N–C) groups is 1. The quantitative estimate of drug-likeness (QED) is 0.0700. The predicted octanol–water partition coefficient (Wildman–Crippen LogP) is -6.39. The van der Waals surface area contributed by atoms with Crippen molar-refractivity contribution in [2.45, 2.75) is 124 Å². The largest absolute Gasteiger partial charge is 0.388 e. The second-order valence-corrected chi connectivity index (χ2v) is 12.2. The summed E-state index contributed by atoms with van der Waals surface area (Å²) >= 11 is 0. The summed E-state index contributed by atoms with van der Waals surface area (Å²) < 4.78 is 23.9. The maximum Gasteiger partial charge on any atom is 0.250 e. The molecule has 2 heterocycles. The number of amides is 1. The van der Waals surface area contributed by atoms with E-state index in [0.29, 0.717) is 12.8 Å². The van der Waals surface area contributed by atoms with Gasteiger partial charge < -0.3 is 83.8 Å². The molecule has 0 spiro atoms. The van der Waals surface area contributed by atoms with Crippen LogP contribution in [-0.4, -0.2) is 155 Å². The Balaban J connectivity index is 1.81. The van der Waals surface area contributed by atoms with Gasteiger partial charge in [0.1, 0.15) is 48.1 Å². The van der Waals surface area contributed by atoms with Gasteiger partial charge >= 0.3 is 0 Å². The van der Waals surface area contributed by atoms with Crippen LogP contribution in [0.5, 0.6) is 0 Å². The molecule has 0 radical (unpaired) electrons. The average Bonchev–Trinajstić information content (AvgIpc) is 2.97. The molecule has 15 atom stereocenters. The van der Waals surface area contributed by atoms with Gasteiger partial charge in [0.25, 0.3) is 5.91 Å². The Morgan fingerprint density at radius 2 is 1.77 bits per heavy atom. The number of aliphatic hydroxyl groups is 5. The van der Waals surface area contributed by atoms with Crippen LogP contribution in [0.1, 0.15) is 33.1 Å². The minimum atomic E-state index is -1.65. The molecule has 0 aromatic carbocycles. The highest BCUT2D eigenvalue weighted by Crippen LogP contribution is 2.32. The first-order chi connectivity index (χ1) is 20.6. The van der Waals surface area contributed by atoms with Crippen molar-refractivity contribution in [1.29, 1.82) is 0 Å². The minimum Gasteiger partial charge on any atom is -0.388 e. The molecule has 1 amide bonds. The summed E-state index contributed by atoms with van der Waals surface area (Å²) in [5, 5.41) is 58.6. The Hall–Kier alpha value is -1.62. The van der Waals surface area contributed by atoms with E-state index < -0.39 is 97.0 Å². The molecule has 18 nitrogen and oxygen atoms in total. The third kappa shape index (κ3) is 8.80. The molecule has 0 aromatic rings. The summed E-state index contributed by atoms with van der Waals surface area (Å²) in [6.45, 7) is 2.77. The van der Waals surface area contributed by atoms with Crippen molar-refractivity contribution in [3.05, 3.63) is 0 Å². The van der Waals surface area contributed by atoms with Crippen LogP contribution in [0.15, 0.2) is 4.99 Å². The van der Waals surface area contributed by atoms with E-state index in [0.717, 1.165) is 0 Å². The fourth-order valence-corrected chi connectivity index (χ4v) is 5.68. The molecule has 1 aliphatic carbocycles. The van der Waals surface area contributed by atoms with Gasteiger partial charge in [-0.25, -0.2) is 0 Å². The minimum absolute atomic E-state index is 0.000689. The van der Waals surface area contributed by atoms with Gasteiger partial charge in [-0.3, -0.25) is 9.79 Å². The Bertz CT molecular complexity index is 964. The maximum absolute atomic E-state index is 12.8. The van der Waals surface area contributed by atoms with Gasteiger partial charge in [0, 0.05) is 12.6 Å². The third-order valence-corrected chi connectivity index (χ3v) is 8.42. The number of amidine groups is 1. The lowest BCUT2D eigenvalue weighted by molar-refractivity contribution is -0.307. The van der Waals surface area contributed by atoms with Gasteiger partial charge in [-0.15, -0.1) is 0 Å². The van der Waals surface area contributed by atoms with E-state index >= 15 is 0 Å². The van der Waals surface area contributed by atoms with Crippen molar-refractivity contribution < 1.29 is 49.3 Å². The van der Waals surface area contributed by atoms with Crippen molar-refractivity contribution in [1.82, 2.24) is 10.6 Å². The van der Waals surface area contributed by atoms with E-state index in [1.54, 1.807) is 7.05 Å². The summed E-state index contributed by atoms with van der Waals surface area (Å²) in [4.78, 5) is 17.0. The molecular formula is C26H52N8O10. The Morgan fingerprint density at radius 1 is 1.11 bits per heavy atom. The van der Waals surface area contributed by atoms with Crippen LogP contribution < -0.4 is 39.3 Å². The zero-order chi connectivity index (χ0) is 32.9. The van der Waals surface area contributed by atoms with Crippen LogP contribution in [-0.2, 0) is 23.7 Å². The molecule has 18 heteroatoms. The molecule has 3 rings (SSSR count).